The maximum Gasteiger partial charge on any atom is 0.225 e. The highest BCUT2D eigenvalue weighted by molar-refractivity contribution is 7.18. The van der Waals surface area contributed by atoms with Gasteiger partial charge in [-0.15, -0.1) is 11.3 Å². The molecule has 0 radical (unpaired) electrons. The summed E-state index contributed by atoms with van der Waals surface area (Å²) in [6, 6.07) is 2.23. The van der Waals surface area contributed by atoms with E-state index in [4.69, 9.17) is 0 Å². The molecule has 2 aromatic heterocycles. The number of hydrogen-bond donors (Lipinski definition) is 2. The van der Waals surface area contributed by atoms with Crippen LogP contribution in [-0.2, 0) is 6.42 Å². The molecule has 0 atom stereocenters. The number of fused-ring (bicyclic) bond motifs is 1. The van der Waals surface area contributed by atoms with Crippen molar-refractivity contribution in [2.75, 3.05) is 24.2 Å². The molecule has 1 fully saturated rings. The maximum absolute atomic E-state index is 4.60. The lowest BCUT2D eigenvalue weighted by Gasteiger charge is -2.12. The zero-order chi connectivity index (χ0) is 13.9. The highest BCUT2D eigenvalue weighted by Crippen LogP contribution is 2.31. The Kier molecular flexibility index (Phi) is 4.05. The van der Waals surface area contributed by atoms with Crippen molar-refractivity contribution >= 4 is 33.3 Å². The lowest BCUT2D eigenvalue weighted by Crippen LogP contribution is -2.12. The van der Waals surface area contributed by atoms with Crippen molar-refractivity contribution in [3.05, 3.63) is 10.9 Å². The number of aromatic nitrogens is 2. The highest BCUT2D eigenvalue weighted by atomic mass is 32.1. The quantitative estimate of drug-likeness (QED) is 0.877. The summed E-state index contributed by atoms with van der Waals surface area (Å²) in [7, 11) is 1.87. The second-order valence-corrected chi connectivity index (χ2v) is 6.58. The molecule has 2 N–H and O–H groups in total. The standard InChI is InChI=1S/C15H22N4S/c1-3-11-8-12-13(17-9-10-6-4-5-7-10)18-15(16-2)19-14(12)20-11/h8,10H,3-7,9H2,1-2H3,(H2,16,17,18,19). The molecule has 2 heterocycles. The molecule has 5 heteroatoms. The van der Waals surface area contributed by atoms with E-state index in [9.17, 15) is 0 Å². The number of anilines is 2. The van der Waals surface area contributed by atoms with Crippen LogP contribution in [0.5, 0.6) is 0 Å². The van der Waals surface area contributed by atoms with Crippen LogP contribution in [0.4, 0.5) is 11.8 Å². The van der Waals surface area contributed by atoms with Crippen LogP contribution in [0.2, 0.25) is 0 Å². The second kappa shape index (κ2) is 5.95. The number of nitrogens with one attached hydrogen (secondary N) is 2. The summed E-state index contributed by atoms with van der Waals surface area (Å²) >= 11 is 1.77. The van der Waals surface area contributed by atoms with Gasteiger partial charge in [-0.2, -0.15) is 4.98 Å². The molecule has 1 aliphatic rings. The van der Waals surface area contributed by atoms with Gasteiger partial charge in [-0.1, -0.05) is 19.8 Å². The van der Waals surface area contributed by atoms with Crippen LogP contribution in [0.1, 0.15) is 37.5 Å². The molecule has 2 aromatic rings. The minimum absolute atomic E-state index is 0.705. The van der Waals surface area contributed by atoms with Gasteiger partial charge < -0.3 is 10.6 Å². The first-order valence-corrected chi connectivity index (χ1v) is 8.34. The van der Waals surface area contributed by atoms with Crippen LogP contribution in [0.25, 0.3) is 10.2 Å². The summed E-state index contributed by atoms with van der Waals surface area (Å²) in [5.74, 6) is 2.50. The Hall–Kier alpha value is -1.36. The van der Waals surface area contributed by atoms with Gasteiger partial charge in [-0.3, -0.25) is 0 Å². The smallest absolute Gasteiger partial charge is 0.225 e. The molecule has 0 unspecified atom stereocenters. The zero-order valence-electron chi connectivity index (χ0n) is 12.2. The first-order valence-electron chi connectivity index (χ1n) is 7.52. The van der Waals surface area contributed by atoms with E-state index >= 15 is 0 Å². The van der Waals surface area contributed by atoms with Crippen molar-refractivity contribution in [2.45, 2.75) is 39.0 Å². The topological polar surface area (TPSA) is 49.8 Å². The minimum atomic E-state index is 0.705. The fourth-order valence-electron chi connectivity index (χ4n) is 2.85. The Bertz CT molecular complexity index is 587. The van der Waals surface area contributed by atoms with Gasteiger partial charge in [0, 0.05) is 18.5 Å². The lowest BCUT2D eigenvalue weighted by molar-refractivity contribution is 0.579. The Labute approximate surface area is 124 Å². The van der Waals surface area contributed by atoms with Gasteiger partial charge in [0.25, 0.3) is 0 Å². The van der Waals surface area contributed by atoms with Gasteiger partial charge in [-0.25, -0.2) is 4.98 Å². The fraction of sp³-hybridized carbons (Fsp3) is 0.600. The van der Waals surface area contributed by atoms with Gasteiger partial charge >= 0.3 is 0 Å². The summed E-state index contributed by atoms with van der Waals surface area (Å²) in [6.45, 7) is 3.22. The van der Waals surface area contributed by atoms with Crippen LogP contribution < -0.4 is 10.6 Å². The molecule has 20 heavy (non-hydrogen) atoms. The number of aryl methyl sites for hydroxylation is 1. The monoisotopic (exact) mass is 290 g/mol. The van der Waals surface area contributed by atoms with Crippen molar-refractivity contribution in [3.8, 4) is 0 Å². The van der Waals surface area contributed by atoms with E-state index in [1.165, 1.54) is 35.9 Å². The molecule has 3 rings (SSSR count). The third kappa shape index (κ3) is 2.73. The summed E-state index contributed by atoms with van der Waals surface area (Å²) in [4.78, 5) is 11.6. The van der Waals surface area contributed by atoms with Crippen molar-refractivity contribution in [1.29, 1.82) is 0 Å². The molecule has 0 spiro atoms. The van der Waals surface area contributed by atoms with Crippen LogP contribution in [0.15, 0.2) is 6.07 Å². The van der Waals surface area contributed by atoms with Crippen LogP contribution in [-0.4, -0.2) is 23.6 Å². The largest absolute Gasteiger partial charge is 0.369 e. The Morgan fingerprint density at radius 1 is 1.30 bits per heavy atom. The predicted molar refractivity (Wildman–Crippen MR) is 86.8 cm³/mol. The van der Waals surface area contributed by atoms with Gasteiger partial charge in [0.15, 0.2) is 0 Å². The van der Waals surface area contributed by atoms with Crippen LogP contribution in [0.3, 0.4) is 0 Å². The second-order valence-electron chi connectivity index (χ2n) is 5.46. The molecule has 1 saturated carbocycles. The molecule has 0 bridgehead atoms. The number of nitrogens with zero attached hydrogens (tertiary/aromatic N) is 2. The van der Waals surface area contributed by atoms with Gasteiger partial charge in [0.1, 0.15) is 10.6 Å². The van der Waals surface area contributed by atoms with Crippen LogP contribution in [0, 0.1) is 5.92 Å². The van der Waals surface area contributed by atoms with Crippen molar-refractivity contribution in [2.24, 2.45) is 5.92 Å². The highest BCUT2D eigenvalue weighted by Gasteiger charge is 2.16. The van der Waals surface area contributed by atoms with Crippen molar-refractivity contribution < 1.29 is 0 Å². The van der Waals surface area contributed by atoms with Crippen LogP contribution >= 0.6 is 11.3 Å². The van der Waals surface area contributed by atoms with Crippen molar-refractivity contribution in [1.82, 2.24) is 9.97 Å². The van der Waals surface area contributed by atoms with E-state index in [1.807, 2.05) is 7.05 Å². The van der Waals surface area contributed by atoms with Gasteiger partial charge in [0.05, 0.1) is 5.39 Å². The molecule has 4 nitrogen and oxygen atoms in total. The average molecular weight is 290 g/mol. The number of hydrogen-bond acceptors (Lipinski definition) is 5. The third-order valence-corrected chi connectivity index (χ3v) is 5.22. The fourth-order valence-corrected chi connectivity index (χ4v) is 3.81. The lowest BCUT2D eigenvalue weighted by atomic mass is 10.1. The summed E-state index contributed by atoms with van der Waals surface area (Å²) in [5.41, 5.74) is 0. The van der Waals surface area contributed by atoms with E-state index in [0.29, 0.717) is 5.95 Å². The van der Waals surface area contributed by atoms with Crippen molar-refractivity contribution in [3.63, 3.8) is 0 Å². The Balaban J connectivity index is 1.87. The third-order valence-electron chi connectivity index (χ3n) is 4.05. The van der Waals surface area contributed by atoms with E-state index < -0.39 is 0 Å². The molecular weight excluding hydrogens is 268 g/mol. The SMILES string of the molecule is CCc1cc2c(NCC3CCCC3)nc(NC)nc2s1. The molecule has 0 aliphatic heterocycles. The molecule has 0 saturated heterocycles. The van der Waals surface area contributed by atoms with E-state index in [0.717, 1.165) is 29.5 Å². The Morgan fingerprint density at radius 2 is 2.10 bits per heavy atom. The molecule has 0 amide bonds. The minimum Gasteiger partial charge on any atom is -0.369 e. The summed E-state index contributed by atoms with van der Waals surface area (Å²) in [5, 5.41) is 7.79. The molecular formula is C15H22N4S. The van der Waals surface area contributed by atoms with Gasteiger partial charge in [0.2, 0.25) is 5.95 Å². The van der Waals surface area contributed by atoms with Gasteiger partial charge in [-0.05, 0) is 31.2 Å². The first-order chi connectivity index (χ1) is 9.80. The molecule has 108 valence electrons. The first kappa shape index (κ1) is 13.6. The Morgan fingerprint density at radius 3 is 2.80 bits per heavy atom. The van der Waals surface area contributed by atoms with E-state index in [-0.39, 0.29) is 0 Å². The molecule has 1 aliphatic carbocycles. The maximum atomic E-state index is 4.60. The van der Waals surface area contributed by atoms with E-state index in [1.54, 1.807) is 11.3 Å². The average Bonchev–Trinajstić information content (AvgIpc) is 3.12. The molecule has 0 aromatic carbocycles. The summed E-state index contributed by atoms with van der Waals surface area (Å²) in [6.07, 6.45) is 6.52. The normalized spacial score (nSPS) is 15.9. The summed E-state index contributed by atoms with van der Waals surface area (Å²) < 4.78 is 0. The number of rotatable bonds is 5. The zero-order valence-corrected chi connectivity index (χ0v) is 13.0. The predicted octanol–water partition coefficient (Wildman–Crippen LogP) is 3.90. The van der Waals surface area contributed by atoms with E-state index in [2.05, 4.69) is 33.6 Å². The number of thiophene rings is 1.